The standard InChI is InChI=1S/C62H105N3O15/c1-10-38-29-39(44(68)17-14-26-63-49(70)21-18-34(3)41-19-20-42-50-43(23-25-62(41,42)7)61(6)24-22-33(2)27-40(61)31-45(50)69)30-46(56(38)80-60-55(74)54(73)52(71)35(4)76-60)78-59-51(64-36(5)67)57(53(72)48(32-66)79-59)77-47(58(75)65(8)9)28-37-15-12-11-13-16-37/h33-35,37-43,45-48,50-57,59-60,66,69,71-74H,10-32H2,1-9H3,(H,63,70)(H,64,67)/t33-,34-,35+,38-,39?,40+,41-,42+,43+,45-,46-,47+,48+,50+,51?,52+,53+,54?,55+,56-,57?,59-,60?,61+,62-/m1/s1. The van der Waals surface area contributed by atoms with E-state index in [-0.39, 0.29) is 53.8 Å². The van der Waals surface area contributed by atoms with Crippen LogP contribution in [0.2, 0.25) is 0 Å². The first-order chi connectivity index (χ1) is 38.0. The van der Waals surface area contributed by atoms with E-state index in [1.165, 1.54) is 43.9 Å². The number of rotatable bonds is 21. The van der Waals surface area contributed by atoms with Crippen molar-refractivity contribution in [3.8, 4) is 0 Å². The number of ether oxygens (including phenoxy) is 5. The maximum atomic E-state index is 14.4. The van der Waals surface area contributed by atoms with Crippen molar-refractivity contribution in [2.45, 2.75) is 269 Å². The van der Waals surface area contributed by atoms with Crippen molar-refractivity contribution in [3.05, 3.63) is 0 Å². The van der Waals surface area contributed by atoms with Gasteiger partial charge in [-0.15, -0.1) is 0 Å². The smallest absolute Gasteiger partial charge is 0.251 e. The number of Topliss-reactive ketones (excluding diaryl/α,β-unsaturated/α-hetero) is 1. The van der Waals surface area contributed by atoms with Crippen LogP contribution in [0.3, 0.4) is 0 Å². The monoisotopic (exact) mass is 1130 g/mol. The fraction of sp³-hybridized carbons (Fsp3) is 0.935. The molecule has 80 heavy (non-hydrogen) atoms. The third kappa shape index (κ3) is 13.8. The van der Waals surface area contributed by atoms with Crippen LogP contribution in [0.15, 0.2) is 0 Å². The second-order valence-electron chi connectivity index (χ2n) is 27.6. The summed E-state index contributed by atoms with van der Waals surface area (Å²) in [6.07, 6.45) is 2.20. The molecule has 18 heteroatoms. The fourth-order valence-electron chi connectivity index (χ4n) is 17.7. The molecular formula is C62H105N3O15. The lowest BCUT2D eigenvalue weighted by Gasteiger charge is -2.62. The molecule has 2 aliphatic heterocycles. The molecule has 0 radical (unpaired) electrons. The second kappa shape index (κ2) is 27.3. The number of hydrogen-bond acceptors (Lipinski definition) is 15. The van der Waals surface area contributed by atoms with Gasteiger partial charge in [0.2, 0.25) is 11.8 Å². The number of carbonyl (C=O) groups is 4. The molecule has 2 heterocycles. The van der Waals surface area contributed by atoms with Gasteiger partial charge in [-0.1, -0.05) is 79.6 Å². The summed E-state index contributed by atoms with van der Waals surface area (Å²) in [4.78, 5) is 56.1. The van der Waals surface area contributed by atoms with E-state index in [1.807, 2.05) is 6.92 Å². The van der Waals surface area contributed by atoms with Gasteiger partial charge in [0.1, 0.15) is 54.6 Å². The summed E-state index contributed by atoms with van der Waals surface area (Å²) in [5.74, 6) is 2.12. The first-order valence-electron chi connectivity index (χ1n) is 31.5. The highest BCUT2D eigenvalue weighted by Crippen LogP contribution is 2.68. The Bertz CT molecular complexity index is 2060. The summed E-state index contributed by atoms with van der Waals surface area (Å²) in [6, 6.07) is -1.22. The molecule has 6 aliphatic carbocycles. The van der Waals surface area contributed by atoms with Gasteiger partial charge < -0.3 is 69.9 Å². The van der Waals surface area contributed by atoms with E-state index in [0.717, 1.165) is 63.7 Å². The molecule has 5 unspecified atom stereocenters. The molecule has 25 atom stereocenters. The topological polar surface area (TPSA) is 263 Å². The van der Waals surface area contributed by atoms with Gasteiger partial charge in [0, 0.05) is 46.3 Å². The second-order valence-corrected chi connectivity index (χ2v) is 27.6. The van der Waals surface area contributed by atoms with E-state index in [9.17, 15) is 49.8 Å². The Morgan fingerprint density at radius 3 is 2.17 bits per heavy atom. The zero-order chi connectivity index (χ0) is 58.0. The Kier molecular flexibility index (Phi) is 21.8. The lowest BCUT2D eigenvalue weighted by atomic mass is 9.43. The van der Waals surface area contributed by atoms with Crippen LogP contribution in [0.5, 0.6) is 0 Å². The number of amides is 3. The van der Waals surface area contributed by atoms with Crippen molar-refractivity contribution in [2.24, 2.45) is 70.0 Å². The zero-order valence-electron chi connectivity index (χ0n) is 49.9. The maximum absolute atomic E-state index is 14.4. The minimum atomic E-state index is -1.63. The van der Waals surface area contributed by atoms with Crippen LogP contribution in [0.1, 0.15) is 183 Å². The number of nitrogens with one attached hydrogen (secondary N) is 2. The summed E-state index contributed by atoms with van der Waals surface area (Å²) in [5, 5.41) is 72.7. The molecule has 2 saturated heterocycles. The molecule has 0 aromatic rings. The molecule has 18 nitrogen and oxygen atoms in total. The number of aliphatic hydroxyl groups excluding tert-OH is 6. The number of likely N-dealkylation sites (N-methyl/N-ethyl adjacent to an activating group) is 1. The van der Waals surface area contributed by atoms with Crippen LogP contribution in [-0.4, -0.2) is 172 Å². The SMILES string of the molecule is CC[C@@H]1CC(C(=O)CCCNC(=O)CC[C@@H](C)[C@H]2CC[C@H]3[C@@H]4[C@H](O)C[C@@H]5C[C@H](C)CC[C@]5(C)[C@H]4CC[C@]23C)C[C@@H](O[C@@H]2O[C@@H](CO)[C@H](O)C(O[C@@H](CC3CCCCC3)C(=O)N(C)C)C2NC(C)=O)[C@@H]1OC1O[C@@H](C)[C@H](O)C(O)[C@@H]1O. The average Bonchev–Trinajstić information content (AvgIpc) is 3.98. The number of ketones is 1. The molecule has 8 rings (SSSR count). The molecule has 6 saturated carbocycles. The molecule has 3 amide bonds. The molecule has 8 N–H and O–H groups in total. The lowest BCUT2D eigenvalue weighted by molar-refractivity contribution is -0.338. The van der Waals surface area contributed by atoms with Gasteiger partial charge in [0.15, 0.2) is 12.6 Å². The highest BCUT2D eigenvalue weighted by atomic mass is 16.7. The Labute approximate surface area is 477 Å². The van der Waals surface area contributed by atoms with Crippen LogP contribution in [0.25, 0.3) is 0 Å². The van der Waals surface area contributed by atoms with Gasteiger partial charge >= 0.3 is 0 Å². The molecule has 8 fully saturated rings. The van der Waals surface area contributed by atoms with E-state index in [0.29, 0.717) is 79.6 Å². The number of carbonyl (C=O) groups excluding carboxylic acids is 4. The molecule has 0 bridgehead atoms. The number of hydrogen-bond donors (Lipinski definition) is 8. The molecule has 0 spiro atoms. The fourth-order valence-corrected chi connectivity index (χ4v) is 17.7. The summed E-state index contributed by atoms with van der Waals surface area (Å²) in [7, 11) is 3.26. The normalized spacial score (nSPS) is 43.9. The van der Waals surface area contributed by atoms with Gasteiger partial charge in [-0.05, 0) is 148 Å². The van der Waals surface area contributed by atoms with Crippen molar-refractivity contribution in [1.82, 2.24) is 15.5 Å². The van der Waals surface area contributed by atoms with Crippen molar-refractivity contribution in [3.63, 3.8) is 0 Å². The van der Waals surface area contributed by atoms with Crippen LogP contribution < -0.4 is 10.6 Å². The van der Waals surface area contributed by atoms with Gasteiger partial charge in [-0.2, -0.15) is 0 Å². The number of aliphatic hydroxyl groups is 6. The van der Waals surface area contributed by atoms with Gasteiger partial charge in [-0.25, -0.2) is 0 Å². The summed E-state index contributed by atoms with van der Waals surface area (Å²) >= 11 is 0. The van der Waals surface area contributed by atoms with Crippen molar-refractivity contribution >= 4 is 23.5 Å². The lowest BCUT2D eigenvalue weighted by Crippen LogP contribution is -2.67. The Balaban J connectivity index is 0.912. The molecule has 0 aromatic carbocycles. The third-order valence-corrected chi connectivity index (χ3v) is 22.3. The first kappa shape index (κ1) is 63.7. The van der Waals surface area contributed by atoms with E-state index in [1.54, 1.807) is 21.0 Å². The van der Waals surface area contributed by atoms with Crippen molar-refractivity contribution < 1.29 is 73.5 Å². The van der Waals surface area contributed by atoms with Gasteiger partial charge in [0.25, 0.3) is 5.91 Å². The first-order valence-corrected chi connectivity index (χ1v) is 31.5. The predicted octanol–water partition coefficient (Wildman–Crippen LogP) is 5.56. The van der Waals surface area contributed by atoms with E-state index in [2.05, 4.69) is 38.3 Å². The van der Waals surface area contributed by atoms with Crippen LogP contribution >= 0.6 is 0 Å². The van der Waals surface area contributed by atoms with Crippen LogP contribution in [0.4, 0.5) is 0 Å². The van der Waals surface area contributed by atoms with Crippen LogP contribution in [0, 0.1) is 70.0 Å². The largest absolute Gasteiger partial charge is 0.394 e. The Hall–Kier alpha value is -2.36. The van der Waals surface area contributed by atoms with E-state index >= 15 is 0 Å². The van der Waals surface area contributed by atoms with Gasteiger partial charge in [0.05, 0.1) is 31.0 Å². The summed E-state index contributed by atoms with van der Waals surface area (Å²) in [5.41, 5.74) is 0.491. The van der Waals surface area contributed by atoms with E-state index < -0.39 is 98.1 Å². The van der Waals surface area contributed by atoms with Crippen LogP contribution in [-0.2, 0) is 42.9 Å². The van der Waals surface area contributed by atoms with Gasteiger partial charge in [-0.3, -0.25) is 19.2 Å². The Morgan fingerprint density at radius 2 is 1.49 bits per heavy atom. The average molecular weight is 1130 g/mol. The number of fused-ring (bicyclic) bond motifs is 5. The number of nitrogens with zero attached hydrogens (tertiary/aromatic N) is 1. The molecule has 8 aliphatic rings. The van der Waals surface area contributed by atoms with Crippen molar-refractivity contribution in [2.75, 3.05) is 27.2 Å². The highest BCUT2D eigenvalue weighted by molar-refractivity contribution is 5.81. The third-order valence-electron chi connectivity index (χ3n) is 22.3. The maximum Gasteiger partial charge on any atom is 0.251 e. The highest BCUT2D eigenvalue weighted by Gasteiger charge is 2.63. The predicted molar refractivity (Wildman–Crippen MR) is 298 cm³/mol. The minimum Gasteiger partial charge on any atom is -0.394 e. The summed E-state index contributed by atoms with van der Waals surface area (Å²) in [6.45, 7) is 14.2. The molecule has 0 aromatic heterocycles. The van der Waals surface area contributed by atoms with E-state index in [4.69, 9.17) is 23.7 Å². The zero-order valence-corrected chi connectivity index (χ0v) is 49.9. The van der Waals surface area contributed by atoms with Crippen molar-refractivity contribution in [1.29, 1.82) is 0 Å². The Morgan fingerprint density at radius 1 is 0.775 bits per heavy atom. The molecular weight excluding hydrogens is 1030 g/mol. The molecule has 458 valence electrons. The minimum absolute atomic E-state index is 0.0293. The quantitative estimate of drug-likeness (QED) is 0.0654. The summed E-state index contributed by atoms with van der Waals surface area (Å²) < 4.78 is 32.3.